The van der Waals surface area contributed by atoms with E-state index >= 15 is 0 Å². The van der Waals surface area contributed by atoms with Gasteiger partial charge in [0.1, 0.15) is 0 Å². The van der Waals surface area contributed by atoms with Crippen LogP contribution in [-0.4, -0.2) is 0 Å². The first-order chi connectivity index (χ1) is 10.2. The molecule has 0 aliphatic heterocycles. The van der Waals surface area contributed by atoms with Crippen molar-refractivity contribution in [3.8, 4) is 11.1 Å². The molecule has 3 aromatic rings. The van der Waals surface area contributed by atoms with Gasteiger partial charge in [-0.15, -0.1) is 11.3 Å². The number of nitrogens with one attached hydrogen (secondary N) is 1. The molecule has 0 aliphatic rings. The highest BCUT2D eigenvalue weighted by atomic mass is 127. The van der Waals surface area contributed by atoms with Gasteiger partial charge in [0.15, 0.2) is 0 Å². The molecule has 3 rings (SSSR count). The summed E-state index contributed by atoms with van der Waals surface area (Å²) in [4.78, 5) is 1.32. The minimum atomic E-state index is 0.771. The summed E-state index contributed by atoms with van der Waals surface area (Å²) in [5, 5.41) is 6.44. The molecule has 0 atom stereocenters. The van der Waals surface area contributed by atoms with Gasteiger partial charge in [-0.3, -0.25) is 0 Å². The maximum Gasteiger partial charge on any atom is 0.0494 e. The van der Waals surface area contributed by atoms with Crippen LogP contribution in [0.4, 0.5) is 5.69 Å². The summed E-state index contributed by atoms with van der Waals surface area (Å²) in [7, 11) is 0. The Labute approximate surface area is 147 Å². The van der Waals surface area contributed by atoms with Gasteiger partial charge < -0.3 is 5.32 Å². The maximum absolute atomic E-state index is 5.97. The normalized spacial score (nSPS) is 10.6. The highest BCUT2D eigenvalue weighted by Crippen LogP contribution is 2.27. The van der Waals surface area contributed by atoms with Gasteiger partial charge in [-0.25, -0.2) is 0 Å². The number of halogens is 2. The van der Waals surface area contributed by atoms with Crippen LogP contribution in [0.5, 0.6) is 0 Å². The van der Waals surface area contributed by atoms with E-state index in [0.29, 0.717) is 0 Å². The van der Waals surface area contributed by atoms with Crippen molar-refractivity contribution in [3.63, 3.8) is 0 Å². The second-order valence-electron chi connectivity index (χ2n) is 4.65. The average Bonchev–Trinajstić information content (AvgIpc) is 2.96. The van der Waals surface area contributed by atoms with Crippen LogP contribution >= 0.6 is 45.5 Å². The fraction of sp³-hybridized carbons (Fsp3) is 0.0588. The van der Waals surface area contributed by atoms with E-state index in [0.717, 1.165) is 20.8 Å². The summed E-state index contributed by atoms with van der Waals surface area (Å²) in [6, 6.07) is 18.6. The minimum Gasteiger partial charge on any atom is -0.379 e. The lowest BCUT2D eigenvalue weighted by molar-refractivity contribution is 1.19. The van der Waals surface area contributed by atoms with Crippen LogP contribution in [0.2, 0.25) is 5.02 Å². The molecule has 0 unspecified atom stereocenters. The van der Waals surface area contributed by atoms with E-state index in [-0.39, 0.29) is 0 Å². The van der Waals surface area contributed by atoms with Crippen LogP contribution in [0.15, 0.2) is 60.0 Å². The molecule has 0 saturated heterocycles. The fourth-order valence-electron chi connectivity index (χ4n) is 2.07. The number of benzene rings is 2. The summed E-state index contributed by atoms with van der Waals surface area (Å²) in [6.45, 7) is 0.829. The number of hydrogen-bond donors (Lipinski definition) is 1. The number of anilines is 1. The lowest BCUT2D eigenvalue weighted by Crippen LogP contribution is -1.99. The molecule has 0 saturated carbocycles. The predicted octanol–water partition coefficient (Wildman–Crippen LogP) is 6.29. The zero-order valence-electron chi connectivity index (χ0n) is 11.1. The summed E-state index contributed by atoms with van der Waals surface area (Å²) in [5.41, 5.74) is 3.67. The third kappa shape index (κ3) is 3.78. The Kier molecular flexibility index (Phi) is 4.83. The van der Waals surface area contributed by atoms with Gasteiger partial charge in [0.25, 0.3) is 0 Å². The molecule has 2 aromatic carbocycles. The zero-order chi connectivity index (χ0) is 14.7. The number of thiophene rings is 1. The van der Waals surface area contributed by atoms with Crippen molar-refractivity contribution < 1.29 is 0 Å². The Morgan fingerprint density at radius 3 is 2.57 bits per heavy atom. The van der Waals surface area contributed by atoms with Crippen molar-refractivity contribution in [3.05, 3.63) is 73.4 Å². The lowest BCUT2D eigenvalue weighted by atomic mass is 10.1. The fourth-order valence-corrected chi connectivity index (χ4v) is 3.97. The second-order valence-corrected chi connectivity index (χ2v) is 7.24. The van der Waals surface area contributed by atoms with Crippen molar-refractivity contribution in [2.45, 2.75) is 6.54 Å². The standard InChI is InChI=1S/C17H13ClINS/c18-14-6-7-17(16(19)9-14)20-10-15-8-13(11-21-15)12-4-2-1-3-5-12/h1-9,11,20H,10H2. The highest BCUT2D eigenvalue weighted by molar-refractivity contribution is 14.1. The molecular formula is C17H13ClINS. The van der Waals surface area contributed by atoms with E-state index in [2.05, 4.69) is 63.6 Å². The summed E-state index contributed by atoms with van der Waals surface area (Å²) in [5.74, 6) is 0. The molecule has 1 nitrogen and oxygen atoms in total. The monoisotopic (exact) mass is 425 g/mol. The van der Waals surface area contributed by atoms with Crippen LogP contribution in [0.3, 0.4) is 0 Å². The topological polar surface area (TPSA) is 12.0 Å². The molecule has 0 bridgehead atoms. The smallest absolute Gasteiger partial charge is 0.0494 e. The third-order valence-corrected chi connectivity index (χ3v) is 5.21. The Hall–Kier alpha value is -1.04. The molecule has 106 valence electrons. The van der Waals surface area contributed by atoms with E-state index in [1.165, 1.54) is 16.0 Å². The number of hydrogen-bond acceptors (Lipinski definition) is 2. The summed E-state index contributed by atoms with van der Waals surface area (Å²) in [6.07, 6.45) is 0. The Bertz CT molecular complexity index is 740. The van der Waals surface area contributed by atoms with Crippen LogP contribution in [0.25, 0.3) is 11.1 Å². The summed E-state index contributed by atoms with van der Waals surface area (Å²) < 4.78 is 1.14. The molecule has 0 amide bonds. The van der Waals surface area contributed by atoms with E-state index in [4.69, 9.17) is 11.6 Å². The molecule has 1 aromatic heterocycles. The first kappa shape index (κ1) is 14.9. The van der Waals surface area contributed by atoms with Crippen LogP contribution in [0.1, 0.15) is 4.88 Å². The Morgan fingerprint density at radius 2 is 1.81 bits per heavy atom. The van der Waals surface area contributed by atoms with Crippen molar-refractivity contribution in [1.82, 2.24) is 0 Å². The van der Waals surface area contributed by atoms with Crippen LogP contribution in [0, 0.1) is 3.57 Å². The first-order valence-electron chi connectivity index (χ1n) is 6.54. The van der Waals surface area contributed by atoms with E-state index in [1.54, 1.807) is 11.3 Å². The van der Waals surface area contributed by atoms with E-state index in [1.807, 2.05) is 24.3 Å². The quantitative estimate of drug-likeness (QED) is 0.485. The van der Waals surface area contributed by atoms with Gasteiger partial charge in [0.05, 0.1) is 0 Å². The van der Waals surface area contributed by atoms with E-state index < -0.39 is 0 Å². The highest BCUT2D eigenvalue weighted by Gasteiger charge is 2.04. The number of rotatable bonds is 4. The molecule has 1 heterocycles. The molecule has 21 heavy (non-hydrogen) atoms. The molecule has 0 fully saturated rings. The molecule has 4 heteroatoms. The lowest BCUT2D eigenvalue weighted by Gasteiger charge is -2.07. The minimum absolute atomic E-state index is 0.771. The molecule has 0 aliphatic carbocycles. The van der Waals surface area contributed by atoms with Gasteiger partial charge in [-0.1, -0.05) is 41.9 Å². The molecule has 0 spiro atoms. The SMILES string of the molecule is Clc1ccc(NCc2cc(-c3ccccc3)cs2)c(I)c1. The van der Waals surface area contributed by atoms with Gasteiger partial charge in [-0.2, -0.15) is 0 Å². The third-order valence-electron chi connectivity index (χ3n) is 3.15. The Balaban J connectivity index is 1.70. The average molecular weight is 426 g/mol. The zero-order valence-corrected chi connectivity index (χ0v) is 14.9. The summed E-state index contributed by atoms with van der Waals surface area (Å²) >= 11 is 10.1. The van der Waals surface area contributed by atoms with E-state index in [9.17, 15) is 0 Å². The van der Waals surface area contributed by atoms with Gasteiger partial charge in [0.2, 0.25) is 0 Å². The largest absolute Gasteiger partial charge is 0.379 e. The van der Waals surface area contributed by atoms with Crippen molar-refractivity contribution in [2.75, 3.05) is 5.32 Å². The van der Waals surface area contributed by atoms with Gasteiger partial charge >= 0.3 is 0 Å². The Morgan fingerprint density at radius 1 is 1.00 bits per heavy atom. The van der Waals surface area contributed by atoms with Gasteiger partial charge in [0, 0.05) is 25.7 Å². The predicted molar refractivity (Wildman–Crippen MR) is 101 cm³/mol. The molecule has 0 radical (unpaired) electrons. The van der Waals surface area contributed by atoms with Crippen LogP contribution in [-0.2, 0) is 6.54 Å². The van der Waals surface area contributed by atoms with Crippen molar-refractivity contribution in [1.29, 1.82) is 0 Å². The van der Waals surface area contributed by atoms with Gasteiger partial charge in [-0.05, 0) is 63.4 Å². The second kappa shape index (κ2) is 6.81. The first-order valence-corrected chi connectivity index (χ1v) is 8.88. The van der Waals surface area contributed by atoms with Crippen molar-refractivity contribution in [2.24, 2.45) is 0 Å². The molecular weight excluding hydrogens is 413 g/mol. The van der Waals surface area contributed by atoms with Crippen LogP contribution < -0.4 is 5.32 Å². The van der Waals surface area contributed by atoms with Crippen molar-refractivity contribution >= 4 is 51.2 Å². The molecule has 1 N–H and O–H groups in total. The maximum atomic E-state index is 5.97.